The summed E-state index contributed by atoms with van der Waals surface area (Å²) in [5, 5.41) is 11.8. The van der Waals surface area contributed by atoms with Crippen LogP contribution in [0, 0.1) is 30.6 Å². The summed E-state index contributed by atoms with van der Waals surface area (Å²) in [6.45, 7) is 3.83. The molecular weight excluding hydrogens is 214 g/mol. The van der Waals surface area contributed by atoms with Crippen LogP contribution in [0.25, 0.3) is 0 Å². The van der Waals surface area contributed by atoms with Gasteiger partial charge in [0.05, 0.1) is 6.07 Å². The first-order chi connectivity index (χ1) is 8.05. The average molecular weight is 229 g/mol. The number of hydrogen-bond donors (Lipinski definition) is 1. The van der Waals surface area contributed by atoms with Crippen molar-refractivity contribution in [3.8, 4) is 6.07 Å². The lowest BCUT2D eigenvalue weighted by atomic mass is 9.69. The molecule has 1 aromatic heterocycles. The molecule has 1 aliphatic rings. The fourth-order valence-electron chi connectivity index (χ4n) is 2.06. The second-order valence-corrected chi connectivity index (χ2v) is 4.67. The molecule has 1 saturated carbocycles. The molecule has 4 nitrogen and oxygen atoms in total. The first-order valence-electron chi connectivity index (χ1n) is 5.74. The number of nitriles is 1. The monoisotopic (exact) mass is 229 g/mol. The summed E-state index contributed by atoms with van der Waals surface area (Å²) < 4.78 is 0. The minimum Gasteiger partial charge on any atom is -0.309 e. The molecule has 0 aromatic carbocycles. The molecule has 1 fully saturated rings. The highest BCUT2D eigenvalue weighted by molar-refractivity contribution is 5.97. The van der Waals surface area contributed by atoms with Crippen LogP contribution in [0.2, 0.25) is 0 Å². The fraction of sp³-hybridized carbons (Fsp3) is 0.462. The maximum Gasteiger partial charge on any atom is 0.246 e. The second kappa shape index (κ2) is 4.17. The van der Waals surface area contributed by atoms with Crippen molar-refractivity contribution >= 4 is 11.7 Å². The van der Waals surface area contributed by atoms with Gasteiger partial charge >= 0.3 is 0 Å². The first-order valence-corrected chi connectivity index (χ1v) is 5.74. The minimum absolute atomic E-state index is 0.219. The fourth-order valence-corrected chi connectivity index (χ4v) is 2.06. The number of rotatable bonds is 2. The Morgan fingerprint density at radius 3 is 2.65 bits per heavy atom. The molecular formula is C13H15N3O. The molecule has 4 heteroatoms. The van der Waals surface area contributed by atoms with Gasteiger partial charge in [-0.3, -0.25) is 4.79 Å². The van der Waals surface area contributed by atoms with E-state index in [-0.39, 0.29) is 5.91 Å². The Balaban J connectivity index is 2.16. The van der Waals surface area contributed by atoms with E-state index in [1.165, 1.54) is 0 Å². The van der Waals surface area contributed by atoms with E-state index in [1.807, 2.05) is 26.0 Å². The zero-order valence-electron chi connectivity index (χ0n) is 10.1. The van der Waals surface area contributed by atoms with E-state index in [0.29, 0.717) is 18.7 Å². The molecule has 1 amide bonds. The van der Waals surface area contributed by atoms with Gasteiger partial charge in [0.1, 0.15) is 11.2 Å². The SMILES string of the molecule is Cc1cc(C)nc(NC(=O)C2(C#N)CCC2)c1. The third-order valence-corrected chi connectivity index (χ3v) is 3.20. The molecule has 0 atom stereocenters. The Kier molecular flexibility index (Phi) is 2.84. The highest BCUT2D eigenvalue weighted by Gasteiger charge is 2.44. The van der Waals surface area contributed by atoms with Crippen molar-refractivity contribution in [3.63, 3.8) is 0 Å². The number of anilines is 1. The summed E-state index contributed by atoms with van der Waals surface area (Å²) in [6.07, 6.45) is 2.25. The van der Waals surface area contributed by atoms with Crippen molar-refractivity contribution in [2.24, 2.45) is 5.41 Å². The molecule has 1 aromatic rings. The highest BCUT2D eigenvalue weighted by atomic mass is 16.2. The molecule has 1 heterocycles. The number of carbonyl (C=O) groups excluding carboxylic acids is 1. The Labute approximate surface area is 101 Å². The number of amides is 1. The van der Waals surface area contributed by atoms with Gasteiger partial charge in [0.15, 0.2) is 0 Å². The molecule has 0 aliphatic heterocycles. The Morgan fingerprint density at radius 1 is 1.47 bits per heavy atom. The molecule has 17 heavy (non-hydrogen) atoms. The molecule has 0 radical (unpaired) electrons. The van der Waals surface area contributed by atoms with E-state index < -0.39 is 5.41 Å². The summed E-state index contributed by atoms with van der Waals surface area (Å²) >= 11 is 0. The van der Waals surface area contributed by atoms with Crippen molar-refractivity contribution in [2.75, 3.05) is 5.32 Å². The second-order valence-electron chi connectivity index (χ2n) is 4.67. The highest BCUT2D eigenvalue weighted by Crippen LogP contribution is 2.41. The number of nitrogens with zero attached hydrogens (tertiary/aromatic N) is 2. The number of nitrogens with one attached hydrogen (secondary N) is 1. The van der Waals surface area contributed by atoms with Crippen LogP contribution in [0.3, 0.4) is 0 Å². The molecule has 2 rings (SSSR count). The van der Waals surface area contributed by atoms with Gasteiger partial charge in [0.2, 0.25) is 5.91 Å². The standard InChI is InChI=1S/C13H15N3O/c1-9-6-10(2)15-11(7-9)16-12(17)13(8-14)4-3-5-13/h6-7H,3-5H2,1-2H3,(H,15,16,17). The molecule has 0 unspecified atom stereocenters. The van der Waals surface area contributed by atoms with E-state index in [0.717, 1.165) is 17.7 Å². The summed E-state index contributed by atoms with van der Waals surface area (Å²) in [5.74, 6) is 0.317. The van der Waals surface area contributed by atoms with E-state index in [9.17, 15) is 4.79 Å². The van der Waals surface area contributed by atoms with Crippen LogP contribution in [-0.4, -0.2) is 10.9 Å². The number of hydrogen-bond acceptors (Lipinski definition) is 3. The lowest BCUT2D eigenvalue weighted by Gasteiger charge is -2.33. The largest absolute Gasteiger partial charge is 0.309 e. The zero-order valence-corrected chi connectivity index (χ0v) is 10.1. The van der Waals surface area contributed by atoms with Crippen LogP contribution in [0.15, 0.2) is 12.1 Å². The van der Waals surface area contributed by atoms with Gasteiger partial charge < -0.3 is 5.32 Å². The lowest BCUT2D eigenvalue weighted by Crippen LogP contribution is -2.40. The van der Waals surface area contributed by atoms with E-state index >= 15 is 0 Å². The lowest BCUT2D eigenvalue weighted by molar-refractivity contribution is -0.126. The van der Waals surface area contributed by atoms with E-state index in [1.54, 1.807) is 0 Å². The first kappa shape index (κ1) is 11.6. The van der Waals surface area contributed by atoms with Crippen LogP contribution < -0.4 is 5.32 Å². The van der Waals surface area contributed by atoms with Crippen LogP contribution >= 0.6 is 0 Å². The van der Waals surface area contributed by atoms with Gasteiger partial charge in [0.25, 0.3) is 0 Å². The Hall–Kier alpha value is -1.89. The molecule has 0 spiro atoms. The Morgan fingerprint density at radius 2 is 2.18 bits per heavy atom. The van der Waals surface area contributed by atoms with Crippen molar-refractivity contribution in [1.29, 1.82) is 5.26 Å². The molecule has 1 aliphatic carbocycles. The van der Waals surface area contributed by atoms with E-state index in [2.05, 4.69) is 16.4 Å². The third-order valence-electron chi connectivity index (χ3n) is 3.20. The Bertz CT molecular complexity index is 478. The van der Waals surface area contributed by atoms with Crippen LogP contribution in [0.1, 0.15) is 30.5 Å². The molecule has 0 saturated heterocycles. The van der Waals surface area contributed by atoms with Gasteiger partial charge in [0, 0.05) is 5.69 Å². The van der Waals surface area contributed by atoms with E-state index in [4.69, 9.17) is 5.26 Å². The number of aryl methyl sites for hydroxylation is 2. The van der Waals surface area contributed by atoms with Crippen LogP contribution in [0.4, 0.5) is 5.82 Å². The van der Waals surface area contributed by atoms with Crippen molar-refractivity contribution in [1.82, 2.24) is 4.98 Å². The number of pyridine rings is 1. The normalized spacial score (nSPS) is 16.8. The quantitative estimate of drug-likeness (QED) is 0.846. The maximum absolute atomic E-state index is 12.0. The summed E-state index contributed by atoms with van der Waals surface area (Å²) in [5.41, 5.74) is 1.09. The minimum atomic E-state index is -0.820. The zero-order chi connectivity index (χ0) is 12.5. The van der Waals surface area contributed by atoms with Crippen LogP contribution in [0.5, 0.6) is 0 Å². The summed E-state index contributed by atoms with van der Waals surface area (Å²) in [4.78, 5) is 16.2. The number of aromatic nitrogens is 1. The predicted molar refractivity (Wildman–Crippen MR) is 64.2 cm³/mol. The third kappa shape index (κ3) is 2.14. The van der Waals surface area contributed by atoms with Crippen molar-refractivity contribution in [3.05, 3.63) is 23.4 Å². The maximum atomic E-state index is 12.0. The van der Waals surface area contributed by atoms with Crippen molar-refractivity contribution in [2.45, 2.75) is 33.1 Å². The smallest absolute Gasteiger partial charge is 0.246 e. The van der Waals surface area contributed by atoms with Gasteiger partial charge in [-0.25, -0.2) is 4.98 Å². The summed E-state index contributed by atoms with van der Waals surface area (Å²) in [6, 6.07) is 5.88. The van der Waals surface area contributed by atoms with Gasteiger partial charge in [-0.2, -0.15) is 5.26 Å². The average Bonchev–Trinajstić information content (AvgIpc) is 2.14. The predicted octanol–water partition coefficient (Wildman–Crippen LogP) is 2.33. The van der Waals surface area contributed by atoms with Crippen LogP contribution in [-0.2, 0) is 4.79 Å². The molecule has 0 bridgehead atoms. The molecule has 1 N–H and O–H groups in total. The topological polar surface area (TPSA) is 65.8 Å². The van der Waals surface area contributed by atoms with Gasteiger partial charge in [-0.05, 0) is 50.8 Å². The number of carbonyl (C=O) groups is 1. The van der Waals surface area contributed by atoms with Gasteiger partial charge in [-0.1, -0.05) is 0 Å². The van der Waals surface area contributed by atoms with Crippen molar-refractivity contribution < 1.29 is 4.79 Å². The molecule has 88 valence electrons. The van der Waals surface area contributed by atoms with Gasteiger partial charge in [-0.15, -0.1) is 0 Å². The summed E-state index contributed by atoms with van der Waals surface area (Å²) in [7, 11) is 0.